The molecule has 0 aliphatic carbocycles. The van der Waals surface area contributed by atoms with Crippen LogP contribution in [0.15, 0.2) is 18.3 Å². The second kappa shape index (κ2) is 7.86. The first kappa shape index (κ1) is 21.1. The van der Waals surface area contributed by atoms with Crippen molar-refractivity contribution in [2.45, 2.75) is 39.4 Å². The van der Waals surface area contributed by atoms with Crippen LogP contribution in [0.3, 0.4) is 0 Å². The largest absolute Gasteiger partial charge is 0.417 e. The fraction of sp³-hybridized carbons (Fsp3) is 0.500. The molecule has 1 amide bonds. The van der Waals surface area contributed by atoms with Gasteiger partial charge in [-0.2, -0.15) is 18.3 Å². The van der Waals surface area contributed by atoms with E-state index >= 15 is 0 Å². The lowest BCUT2D eigenvalue weighted by molar-refractivity contribution is -0.137. The number of halogens is 3. The molecule has 0 radical (unpaired) electrons. The number of hydrogen-bond donors (Lipinski definition) is 1. The lowest BCUT2D eigenvalue weighted by Crippen LogP contribution is -2.43. The van der Waals surface area contributed by atoms with Crippen LogP contribution in [0.4, 0.5) is 19.1 Å². The van der Waals surface area contributed by atoms with Gasteiger partial charge in [0.2, 0.25) is 11.9 Å². The summed E-state index contributed by atoms with van der Waals surface area (Å²) >= 11 is 0. The first-order valence-electron chi connectivity index (χ1n) is 10.1. The lowest BCUT2D eigenvalue weighted by atomic mass is 9.97. The summed E-state index contributed by atoms with van der Waals surface area (Å²) in [6.07, 6.45) is -2.01. The van der Waals surface area contributed by atoms with E-state index in [1.54, 1.807) is 4.68 Å². The van der Waals surface area contributed by atoms with Gasteiger partial charge < -0.3 is 10.2 Å². The third-order valence-electron chi connectivity index (χ3n) is 5.88. The number of piperidine rings is 1. The van der Waals surface area contributed by atoms with Gasteiger partial charge >= 0.3 is 6.18 Å². The van der Waals surface area contributed by atoms with E-state index in [9.17, 15) is 18.0 Å². The SMILES string of the molecule is Cc1nn(C)c(C)c1CNC(=O)C1CCCN(c2nnc3ccc(C(F)(F)F)cn23)C1. The summed E-state index contributed by atoms with van der Waals surface area (Å²) in [7, 11) is 1.86. The van der Waals surface area contributed by atoms with E-state index in [1.807, 2.05) is 25.8 Å². The Morgan fingerprint density at radius 2 is 2.03 bits per heavy atom. The van der Waals surface area contributed by atoms with Crippen LogP contribution in [0.1, 0.15) is 35.4 Å². The number of amides is 1. The van der Waals surface area contributed by atoms with Crippen LogP contribution >= 0.6 is 0 Å². The molecule has 0 spiro atoms. The minimum Gasteiger partial charge on any atom is -0.352 e. The van der Waals surface area contributed by atoms with Gasteiger partial charge in [0.15, 0.2) is 5.65 Å². The summed E-state index contributed by atoms with van der Waals surface area (Å²) in [5.74, 6) is -0.0566. The molecule has 1 saturated heterocycles. The van der Waals surface area contributed by atoms with E-state index in [4.69, 9.17) is 0 Å². The average Bonchev–Trinajstić information content (AvgIpc) is 3.26. The number of alkyl halides is 3. The van der Waals surface area contributed by atoms with Crippen molar-refractivity contribution >= 4 is 17.5 Å². The average molecular weight is 435 g/mol. The number of nitrogens with one attached hydrogen (secondary N) is 1. The molecule has 3 aromatic rings. The summed E-state index contributed by atoms with van der Waals surface area (Å²) in [5, 5.41) is 15.4. The topological polar surface area (TPSA) is 80.3 Å². The Bertz CT molecular complexity index is 1120. The van der Waals surface area contributed by atoms with Crippen molar-refractivity contribution in [3.05, 3.63) is 40.8 Å². The predicted molar refractivity (Wildman–Crippen MR) is 107 cm³/mol. The number of rotatable bonds is 4. The number of fused-ring (bicyclic) bond motifs is 1. The Morgan fingerprint density at radius 1 is 1.26 bits per heavy atom. The van der Waals surface area contributed by atoms with Crippen LogP contribution in [0.25, 0.3) is 5.65 Å². The van der Waals surface area contributed by atoms with Crippen molar-refractivity contribution in [1.82, 2.24) is 29.7 Å². The van der Waals surface area contributed by atoms with Crippen LogP contribution in [-0.4, -0.2) is 43.4 Å². The van der Waals surface area contributed by atoms with Gasteiger partial charge in [0.25, 0.3) is 0 Å². The van der Waals surface area contributed by atoms with E-state index < -0.39 is 11.7 Å². The smallest absolute Gasteiger partial charge is 0.352 e. The maximum absolute atomic E-state index is 13.1. The molecule has 0 bridgehead atoms. The van der Waals surface area contributed by atoms with E-state index in [2.05, 4.69) is 20.6 Å². The summed E-state index contributed by atoms with van der Waals surface area (Å²) in [5.41, 5.74) is 2.43. The van der Waals surface area contributed by atoms with Gasteiger partial charge in [-0.25, -0.2) is 0 Å². The van der Waals surface area contributed by atoms with Gasteiger partial charge in [-0.3, -0.25) is 13.9 Å². The number of aryl methyl sites for hydroxylation is 2. The highest BCUT2D eigenvalue weighted by molar-refractivity contribution is 5.79. The predicted octanol–water partition coefficient (Wildman–Crippen LogP) is 2.63. The maximum atomic E-state index is 13.1. The number of hydrogen-bond acceptors (Lipinski definition) is 5. The van der Waals surface area contributed by atoms with Crippen LogP contribution in [-0.2, 0) is 24.6 Å². The number of anilines is 1. The minimum atomic E-state index is -4.46. The normalized spacial score (nSPS) is 17.4. The lowest BCUT2D eigenvalue weighted by Gasteiger charge is -2.32. The maximum Gasteiger partial charge on any atom is 0.417 e. The van der Waals surface area contributed by atoms with Gasteiger partial charge in [-0.15, -0.1) is 10.2 Å². The molecule has 8 nitrogen and oxygen atoms in total. The molecule has 4 rings (SSSR count). The number of pyridine rings is 1. The summed E-state index contributed by atoms with van der Waals surface area (Å²) in [6.45, 7) is 5.22. The van der Waals surface area contributed by atoms with E-state index in [-0.39, 0.29) is 11.8 Å². The molecular weight excluding hydrogens is 411 g/mol. The summed E-state index contributed by atoms with van der Waals surface area (Å²) < 4.78 is 42.5. The van der Waals surface area contributed by atoms with Gasteiger partial charge in [0.05, 0.1) is 17.2 Å². The molecule has 1 unspecified atom stereocenters. The third-order valence-corrected chi connectivity index (χ3v) is 5.88. The van der Waals surface area contributed by atoms with Gasteiger partial charge in [0, 0.05) is 44.1 Å². The van der Waals surface area contributed by atoms with Crippen molar-refractivity contribution in [3.63, 3.8) is 0 Å². The van der Waals surface area contributed by atoms with Crippen molar-refractivity contribution in [3.8, 4) is 0 Å². The molecule has 4 heterocycles. The van der Waals surface area contributed by atoms with Gasteiger partial charge in [-0.05, 0) is 38.8 Å². The highest BCUT2D eigenvalue weighted by Crippen LogP contribution is 2.30. The molecule has 1 aliphatic rings. The monoisotopic (exact) mass is 435 g/mol. The van der Waals surface area contributed by atoms with Crippen LogP contribution in [0.2, 0.25) is 0 Å². The van der Waals surface area contributed by atoms with Crippen molar-refractivity contribution in [1.29, 1.82) is 0 Å². The zero-order valence-corrected chi connectivity index (χ0v) is 17.6. The van der Waals surface area contributed by atoms with Gasteiger partial charge in [0.1, 0.15) is 0 Å². The van der Waals surface area contributed by atoms with E-state index in [0.717, 1.165) is 35.6 Å². The molecular formula is C20H24F3N7O. The number of aromatic nitrogens is 5. The number of carbonyl (C=O) groups is 1. The first-order chi connectivity index (χ1) is 14.6. The second-order valence-electron chi connectivity index (χ2n) is 7.92. The third kappa shape index (κ3) is 4.08. The van der Waals surface area contributed by atoms with Crippen LogP contribution in [0, 0.1) is 19.8 Å². The molecule has 1 aliphatic heterocycles. The Kier molecular flexibility index (Phi) is 5.36. The van der Waals surface area contributed by atoms with Crippen LogP contribution in [0.5, 0.6) is 0 Å². The molecule has 1 atom stereocenters. The zero-order valence-electron chi connectivity index (χ0n) is 17.6. The Morgan fingerprint density at radius 3 is 2.71 bits per heavy atom. The van der Waals surface area contributed by atoms with E-state index in [0.29, 0.717) is 37.7 Å². The molecule has 0 aromatic carbocycles. The molecule has 1 N–H and O–H groups in total. The van der Waals surface area contributed by atoms with Gasteiger partial charge in [-0.1, -0.05) is 0 Å². The Hall–Kier alpha value is -3.11. The van der Waals surface area contributed by atoms with Crippen molar-refractivity contribution in [2.75, 3.05) is 18.0 Å². The molecule has 1 fully saturated rings. The standard InChI is InChI=1S/C20H24F3N7O/c1-12-16(13(2)28(3)27-12)9-24-18(31)14-5-4-8-29(10-14)19-26-25-17-7-6-15(11-30(17)19)20(21,22)23/h6-7,11,14H,4-5,8-10H2,1-3H3,(H,24,31). The number of nitrogens with zero attached hydrogens (tertiary/aromatic N) is 6. The summed E-state index contributed by atoms with van der Waals surface area (Å²) in [6, 6.07) is 2.29. The van der Waals surface area contributed by atoms with Crippen molar-refractivity contribution in [2.24, 2.45) is 13.0 Å². The highest BCUT2D eigenvalue weighted by Gasteiger charge is 2.32. The zero-order chi connectivity index (χ0) is 22.3. The fourth-order valence-corrected chi connectivity index (χ4v) is 4.03. The first-order valence-corrected chi connectivity index (χ1v) is 10.1. The minimum absolute atomic E-state index is 0.0860. The van der Waals surface area contributed by atoms with E-state index in [1.165, 1.54) is 10.5 Å². The molecule has 31 heavy (non-hydrogen) atoms. The fourth-order valence-electron chi connectivity index (χ4n) is 4.03. The summed E-state index contributed by atoms with van der Waals surface area (Å²) in [4.78, 5) is 14.6. The molecule has 0 saturated carbocycles. The molecule has 3 aromatic heterocycles. The highest BCUT2D eigenvalue weighted by atomic mass is 19.4. The second-order valence-corrected chi connectivity index (χ2v) is 7.92. The van der Waals surface area contributed by atoms with Crippen LogP contribution < -0.4 is 10.2 Å². The molecule has 11 heteroatoms. The molecule has 166 valence electrons. The quantitative estimate of drug-likeness (QED) is 0.682. The Balaban J connectivity index is 1.49. The number of carbonyl (C=O) groups excluding carboxylic acids is 1. The Labute approximate surface area is 177 Å². The van der Waals surface area contributed by atoms with Crippen molar-refractivity contribution < 1.29 is 18.0 Å².